The van der Waals surface area contributed by atoms with Crippen molar-refractivity contribution >= 4 is 24.3 Å². The van der Waals surface area contributed by atoms with E-state index >= 15 is 0 Å². The van der Waals surface area contributed by atoms with Crippen LogP contribution in [-0.2, 0) is 0 Å². The molecule has 166 valence electrons. The highest BCUT2D eigenvalue weighted by Gasteiger charge is 2.42. The van der Waals surface area contributed by atoms with Gasteiger partial charge in [0.1, 0.15) is 5.82 Å². The Hall–Kier alpha value is -3.35. The Morgan fingerprint density at radius 1 is 1.12 bits per heavy atom. The van der Waals surface area contributed by atoms with Crippen molar-refractivity contribution < 1.29 is 4.79 Å². The molecular weight excluding hydrogens is 400 g/mol. The SMILES string of the molecule is C=NC(=N/C=C\C)c1ccc(C)cc1C(=O)N1CC2CN(c3nc(C)cnc3C)CC2C1. The molecule has 2 unspecified atom stereocenters. The molecule has 1 aromatic carbocycles. The van der Waals surface area contributed by atoms with Gasteiger partial charge in [0.15, 0.2) is 5.84 Å². The lowest BCUT2D eigenvalue weighted by Crippen LogP contribution is -2.34. The van der Waals surface area contributed by atoms with Crippen molar-refractivity contribution in [3.8, 4) is 0 Å². The van der Waals surface area contributed by atoms with Crippen LogP contribution in [0.15, 0.2) is 46.7 Å². The minimum atomic E-state index is 0.0352. The van der Waals surface area contributed by atoms with Gasteiger partial charge >= 0.3 is 0 Å². The summed E-state index contributed by atoms with van der Waals surface area (Å²) in [5, 5.41) is 0. The molecule has 7 nitrogen and oxygen atoms in total. The van der Waals surface area contributed by atoms with Crippen LogP contribution in [0.1, 0.15) is 39.8 Å². The van der Waals surface area contributed by atoms with Crippen molar-refractivity contribution in [2.24, 2.45) is 21.8 Å². The number of anilines is 1. The number of amides is 1. The van der Waals surface area contributed by atoms with Crippen molar-refractivity contribution in [1.82, 2.24) is 14.9 Å². The third-order valence-corrected chi connectivity index (χ3v) is 6.27. The Bertz CT molecular complexity index is 1090. The van der Waals surface area contributed by atoms with Crippen molar-refractivity contribution in [2.45, 2.75) is 27.7 Å². The lowest BCUT2D eigenvalue weighted by atomic mass is 10.0. The van der Waals surface area contributed by atoms with Crippen LogP contribution in [0.2, 0.25) is 0 Å². The summed E-state index contributed by atoms with van der Waals surface area (Å²) in [7, 11) is 0. The Morgan fingerprint density at radius 2 is 1.84 bits per heavy atom. The van der Waals surface area contributed by atoms with Crippen LogP contribution in [0.25, 0.3) is 0 Å². The van der Waals surface area contributed by atoms with Gasteiger partial charge in [-0.15, -0.1) is 0 Å². The molecule has 2 saturated heterocycles. The highest BCUT2D eigenvalue weighted by atomic mass is 16.2. The number of amidine groups is 1. The summed E-state index contributed by atoms with van der Waals surface area (Å²) in [6, 6.07) is 5.82. The molecule has 2 atom stereocenters. The molecule has 0 aliphatic carbocycles. The molecule has 32 heavy (non-hydrogen) atoms. The van der Waals surface area contributed by atoms with E-state index in [-0.39, 0.29) is 5.91 Å². The zero-order valence-corrected chi connectivity index (χ0v) is 19.2. The Balaban J connectivity index is 1.53. The van der Waals surface area contributed by atoms with E-state index in [2.05, 4.69) is 26.6 Å². The molecule has 0 radical (unpaired) electrons. The fourth-order valence-corrected chi connectivity index (χ4v) is 4.70. The van der Waals surface area contributed by atoms with Crippen molar-refractivity contribution in [2.75, 3.05) is 31.1 Å². The number of carbonyl (C=O) groups excluding carboxylic acids is 1. The number of fused-ring (bicyclic) bond motifs is 1. The molecule has 4 rings (SSSR count). The van der Waals surface area contributed by atoms with Gasteiger partial charge in [-0.05, 0) is 40.5 Å². The first-order valence-corrected chi connectivity index (χ1v) is 11.0. The highest BCUT2D eigenvalue weighted by Crippen LogP contribution is 2.35. The van der Waals surface area contributed by atoms with Crippen LogP contribution in [0, 0.1) is 32.6 Å². The summed E-state index contributed by atoms with van der Waals surface area (Å²) in [5.74, 6) is 2.34. The fraction of sp³-hybridized carbons (Fsp3) is 0.400. The molecule has 2 aliphatic rings. The zero-order chi connectivity index (χ0) is 22.8. The molecule has 0 spiro atoms. The second kappa shape index (κ2) is 9.02. The summed E-state index contributed by atoms with van der Waals surface area (Å²) in [6.45, 7) is 14.8. The van der Waals surface area contributed by atoms with Gasteiger partial charge in [0.25, 0.3) is 5.91 Å². The number of nitrogens with zero attached hydrogens (tertiary/aromatic N) is 6. The number of hydrogen-bond acceptors (Lipinski definition) is 5. The van der Waals surface area contributed by atoms with Crippen LogP contribution in [0.4, 0.5) is 5.82 Å². The predicted octanol–water partition coefficient (Wildman–Crippen LogP) is 3.59. The first kappa shape index (κ1) is 21.9. The van der Waals surface area contributed by atoms with Crippen LogP contribution in [0.5, 0.6) is 0 Å². The van der Waals surface area contributed by atoms with E-state index in [0.717, 1.165) is 54.5 Å². The number of hydrogen-bond donors (Lipinski definition) is 0. The van der Waals surface area contributed by atoms with Crippen LogP contribution < -0.4 is 4.90 Å². The van der Waals surface area contributed by atoms with E-state index in [1.165, 1.54) is 0 Å². The van der Waals surface area contributed by atoms with E-state index in [1.54, 1.807) is 6.20 Å². The topological polar surface area (TPSA) is 74.1 Å². The van der Waals surface area contributed by atoms with Crippen molar-refractivity contribution in [3.63, 3.8) is 0 Å². The van der Waals surface area contributed by atoms with Crippen LogP contribution in [0.3, 0.4) is 0 Å². The summed E-state index contributed by atoms with van der Waals surface area (Å²) < 4.78 is 0. The van der Waals surface area contributed by atoms with Crippen molar-refractivity contribution in [3.05, 3.63) is 64.8 Å². The van der Waals surface area contributed by atoms with Crippen LogP contribution >= 0.6 is 0 Å². The van der Waals surface area contributed by atoms with Gasteiger partial charge in [0.05, 0.1) is 17.0 Å². The minimum Gasteiger partial charge on any atom is -0.354 e. The number of aliphatic imine (C=N–C) groups is 2. The van der Waals surface area contributed by atoms with Gasteiger partial charge < -0.3 is 9.80 Å². The minimum absolute atomic E-state index is 0.0352. The second-order valence-electron chi connectivity index (χ2n) is 8.70. The van der Waals surface area contributed by atoms with Crippen LogP contribution in [-0.4, -0.2) is 59.5 Å². The number of aromatic nitrogens is 2. The third kappa shape index (κ3) is 4.20. The molecule has 1 aromatic heterocycles. The summed E-state index contributed by atoms with van der Waals surface area (Å²) in [5.41, 5.74) is 4.27. The highest BCUT2D eigenvalue weighted by molar-refractivity contribution is 6.11. The lowest BCUT2D eigenvalue weighted by molar-refractivity contribution is 0.0782. The molecule has 3 heterocycles. The summed E-state index contributed by atoms with van der Waals surface area (Å²) >= 11 is 0. The number of allylic oxidation sites excluding steroid dienone is 1. The molecule has 1 amide bonds. The first-order valence-electron chi connectivity index (χ1n) is 11.0. The molecule has 2 aliphatic heterocycles. The average Bonchev–Trinajstić information content (AvgIpc) is 3.35. The number of rotatable bonds is 4. The predicted molar refractivity (Wildman–Crippen MR) is 129 cm³/mol. The Labute approximate surface area is 189 Å². The Kier molecular flexibility index (Phi) is 6.17. The smallest absolute Gasteiger partial charge is 0.254 e. The largest absolute Gasteiger partial charge is 0.354 e. The standard InChI is InChI=1S/C25H30N6O/c1-6-9-27-23(26-5)21-8-7-16(2)10-22(21)25(32)31-14-19-12-30(13-20(19)15-31)24-18(4)28-11-17(3)29-24/h6-11,19-20H,5,12-15H2,1-4H3/b9-6-,27-23?. The summed E-state index contributed by atoms with van der Waals surface area (Å²) in [4.78, 5) is 35.5. The number of carbonyl (C=O) groups is 1. The number of likely N-dealkylation sites (tertiary alicyclic amines) is 1. The van der Waals surface area contributed by atoms with E-state index in [1.807, 2.05) is 63.1 Å². The maximum atomic E-state index is 13.6. The van der Waals surface area contributed by atoms with E-state index in [9.17, 15) is 4.79 Å². The molecule has 2 fully saturated rings. The molecule has 2 aromatic rings. The Morgan fingerprint density at radius 3 is 2.50 bits per heavy atom. The second-order valence-corrected chi connectivity index (χ2v) is 8.70. The third-order valence-electron chi connectivity index (χ3n) is 6.27. The molecule has 0 bridgehead atoms. The van der Waals surface area contributed by atoms with Crippen molar-refractivity contribution in [1.29, 1.82) is 0 Å². The van der Waals surface area contributed by atoms with Gasteiger partial charge in [-0.3, -0.25) is 9.78 Å². The van der Waals surface area contributed by atoms with Gasteiger partial charge in [0, 0.05) is 56.0 Å². The molecule has 0 saturated carbocycles. The van der Waals surface area contributed by atoms with Gasteiger partial charge in [-0.1, -0.05) is 23.8 Å². The zero-order valence-electron chi connectivity index (χ0n) is 19.2. The van der Waals surface area contributed by atoms with E-state index in [4.69, 9.17) is 4.98 Å². The van der Waals surface area contributed by atoms with E-state index in [0.29, 0.717) is 23.2 Å². The first-order chi connectivity index (χ1) is 15.4. The maximum absolute atomic E-state index is 13.6. The maximum Gasteiger partial charge on any atom is 0.254 e. The molecule has 0 N–H and O–H groups in total. The number of benzene rings is 1. The quantitative estimate of drug-likeness (QED) is 0.549. The molecule has 7 heteroatoms. The number of aryl methyl sites for hydroxylation is 3. The fourth-order valence-electron chi connectivity index (χ4n) is 4.70. The summed E-state index contributed by atoms with van der Waals surface area (Å²) in [6.07, 6.45) is 5.30. The lowest BCUT2D eigenvalue weighted by Gasteiger charge is -2.24. The monoisotopic (exact) mass is 430 g/mol. The normalized spacial score (nSPS) is 20.8. The van der Waals surface area contributed by atoms with Gasteiger partial charge in [0.2, 0.25) is 0 Å². The van der Waals surface area contributed by atoms with E-state index < -0.39 is 0 Å². The van der Waals surface area contributed by atoms with Gasteiger partial charge in [-0.25, -0.2) is 15.0 Å². The average molecular weight is 431 g/mol. The molecular formula is C25H30N6O. The van der Waals surface area contributed by atoms with Gasteiger partial charge in [-0.2, -0.15) is 0 Å².